The van der Waals surface area contributed by atoms with E-state index in [2.05, 4.69) is 10.3 Å². The maximum atomic E-state index is 12.0. The Balaban J connectivity index is 3.08. The quantitative estimate of drug-likeness (QED) is 0.780. The molecule has 0 aliphatic heterocycles. The van der Waals surface area contributed by atoms with Crippen LogP contribution < -0.4 is 5.32 Å². The van der Waals surface area contributed by atoms with Crippen LogP contribution in [0.25, 0.3) is 0 Å². The van der Waals surface area contributed by atoms with Gasteiger partial charge in [-0.1, -0.05) is 0 Å². The zero-order valence-electron chi connectivity index (χ0n) is 10.4. The molecule has 0 fully saturated rings. The predicted molar refractivity (Wildman–Crippen MR) is 63.7 cm³/mol. The number of anilines is 1. The molecule has 0 saturated carbocycles. The van der Waals surface area contributed by atoms with Crippen LogP contribution in [-0.4, -0.2) is 23.6 Å². The number of pyridine rings is 1. The fraction of sp³-hybridized carbons (Fsp3) is 0.500. The Morgan fingerprint density at radius 3 is 2.56 bits per heavy atom. The fourth-order valence-corrected chi connectivity index (χ4v) is 1.33. The summed E-state index contributed by atoms with van der Waals surface area (Å²) in [7, 11) is 1.73. The molecule has 0 saturated heterocycles. The van der Waals surface area contributed by atoms with Crippen molar-refractivity contribution >= 4 is 11.8 Å². The standard InChI is InChI=1S/C12H18N2O2/c1-8-6-7-14-10(13-5)9(8)11(15)16-12(2,3)4/h6-7H,1-5H3,(H,13,14). The highest BCUT2D eigenvalue weighted by Crippen LogP contribution is 2.20. The van der Waals surface area contributed by atoms with E-state index in [-0.39, 0.29) is 5.97 Å². The Kier molecular flexibility index (Phi) is 3.52. The van der Waals surface area contributed by atoms with Gasteiger partial charge in [0.15, 0.2) is 0 Å². The highest BCUT2D eigenvalue weighted by Gasteiger charge is 2.22. The van der Waals surface area contributed by atoms with E-state index >= 15 is 0 Å². The monoisotopic (exact) mass is 222 g/mol. The van der Waals surface area contributed by atoms with Gasteiger partial charge in [-0.15, -0.1) is 0 Å². The van der Waals surface area contributed by atoms with Gasteiger partial charge in [-0.05, 0) is 39.3 Å². The molecule has 0 amide bonds. The Morgan fingerprint density at radius 1 is 1.44 bits per heavy atom. The van der Waals surface area contributed by atoms with Crippen LogP contribution in [0.4, 0.5) is 5.82 Å². The van der Waals surface area contributed by atoms with Crippen molar-refractivity contribution in [3.63, 3.8) is 0 Å². The molecule has 0 atom stereocenters. The summed E-state index contributed by atoms with van der Waals surface area (Å²) in [6, 6.07) is 1.79. The molecule has 0 aliphatic rings. The summed E-state index contributed by atoms with van der Waals surface area (Å²) in [5.41, 5.74) is 0.859. The molecule has 1 aromatic heterocycles. The third kappa shape index (κ3) is 2.95. The van der Waals surface area contributed by atoms with E-state index in [1.54, 1.807) is 19.3 Å². The predicted octanol–water partition coefficient (Wildman–Crippen LogP) is 2.39. The number of nitrogens with one attached hydrogen (secondary N) is 1. The lowest BCUT2D eigenvalue weighted by molar-refractivity contribution is 0.00696. The maximum absolute atomic E-state index is 12.0. The van der Waals surface area contributed by atoms with Crippen molar-refractivity contribution in [1.29, 1.82) is 0 Å². The molecule has 0 aliphatic carbocycles. The van der Waals surface area contributed by atoms with E-state index in [4.69, 9.17) is 4.74 Å². The molecule has 0 radical (unpaired) electrons. The molecule has 88 valence electrons. The third-order valence-electron chi connectivity index (χ3n) is 2.00. The minimum atomic E-state index is -0.496. The summed E-state index contributed by atoms with van der Waals surface area (Å²) in [4.78, 5) is 16.1. The number of carbonyl (C=O) groups is 1. The van der Waals surface area contributed by atoms with Gasteiger partial charge in [-0.2, -0.15) is 0 Å². The molecule has 0 unspecified atom stereocenters. The normalized spacial score (nSPS) is 11.1. The Morgan fingerprint density at radius 2 is 2.06 bits per heavy atom. The van der Waals surface area contributed by atoms with Gasteiger partial charge in [0.2, 0.25) is 0 Å². The summed E-state index contributed by atoms with van der Waals surface area (Å²) in [5.74, 6) is 0.205. The number of aromatic nitrogens is 1. The lowest BCUT2D eigenvalue weighted by Crippen LogP contribution is -2.25. The first-order valence-electron chi connectivity index (χ1n) is 5.22. The lowest BCUT2D eigenvalue weighted by Gasteiger charge is -2.20. The summed E-state index contributed by atoms with van der Waals surface area (Å²) in [6.07, 6.45) is 1.66. The molecule has 1 N–H and O–H groups in total. The van der Waals surface area contributed by atoms with Crippen molar-refractivity contribution in [2.24, 2.45) is 0 Å². The summed E-state index contributed by atoms with van der Waals surface area (Å²) in [5, 5.41) is 2.89. The second-order valence-electron chi connectivity index (χ2n) is 4.60. The molecular weight excluding hydrogens is 204 g/mol. The van der Waals surface area contributed by atoms with Gasteiger partial charge in [0, 0.05) is 13.2 Å². The van der Waals surface area contributed by atoms with Gasteiger partial charge >= 0.3 is 5.97 Å². The molecule has 4 heteroatoms. The summed E-state index contributed by atoms with van der Waals surface area (Å²) < 4.78 is 5.33. The minimum Gasteiger partial charge on any atom is -0.456 e. The summed E-state index contributed by atoms with van der Waals surface area (Å²) in [6.45, 7) is 7.39. The van der Waals surface area contributed by atoms with Crippen molar-refractivity contribution in [3.05, 3.63) is 23.4 Å². The molecule has 0 aromatic carbocycles. The van der Waals surface area contributed by atoms with E-state index in [1.165, 1.54) is 0 Å². The van der Waals surface area contributed by atoms with Gasteiger partial charge < -0.3 is 10.1 Å². The van der Waals surface area contributed by atoms with Crippen LogP contribution in [-0.2, 0) is 4.74 Å². The highest BCUT2D eigenvalue weighted by atomic mass is 16.6. The lowest BCUT2D eigenvalue weighted by atomic mass is 10.1. The van der Waals surface area contributed by atoms with Crippen LogP contribution in [0.5, 0.6) is 0 Å². The van der Waals surface area contributed by atoms with Gasteiger partial charge in [-0.25, -0.2) is 9.78 Å². The van der Waals surface area contributed by atoms with Crippen LogP contribution in [0.1, 0.15) is 36.7 Å². The highest BCUT2D eigenvalue weighted by molar-refractivity contribution is 5.96. The third-order valence-corrected chi connectivity index (χ3v) is 2.00. The Labute approximate surface area is 96.0 Å². The van der Waals surface area contributed by atoms with Crippen LogP contribution in [0.3, 0.4) is 0 Å². The number of rotatable bonds is 2. The van der Waals surface area contributed by atoms with Gasteiger partial charge in [-0.3, -0.25) is 0 Å². The number of ether oxygens (including phenoxy) is 1. The molecule has 16 heavy (non-hydrogen) atoms. The van der Waals surface area contributed by atoms with Crippen molar-refractivity contribution < 1.29 is 9.53 Å². The number of esters is 1. The Hall–Kier alpha value is -1.58. The number of hydrogen-bond donors (Lipinski definition) is 1. The maximum Gasteiger partial charge on any atom is 0.342 e. The zero-order valence-corrected chi connectivity index (χ0v) is 10.4. The number of nitrogens with zero attached hydrogens (tertiary/aromatic N) is 1. The molecule has 1 aromatic rings. The first-order chi connectivity index (χ1) is 7.35. The second kappa shape index (κ2) is 4.51. The number of hydrogen-bond acceptors (Lipinski definition) is 4. The number of aryl methyl sites for hydroxylation is 1. The summed E-state index contributed by atoms with van der Waals surface area (Å²) >= 11 is 0. The SMILES string of the molecule is CNc1nccc(C)c1C(=O)OC(C)(C)C. The average Bonchev–Trinajstić information content (AvgIpc) is 2.14. The molecule has 1 heterocycles. The molecule has 0 spiro atoms. The molecule has 4 nitrogen and oxygen atoms in total. The van der Waals surface area contributed by atoms with Crippen molar-refractivity contribution in [2.45, 2.75) is 33.3 Å². The topological polar surface area (TPSA) is 51.2 Å². The van der Waals surface area contributed by atoms with E-state index < -0.39 is 5.60 Å². The smallest absolute Gasteiger partial charge is 0.342 e. The van der Waals surface area contributed by atoms with Gasteiger partial charge in [0.25, 0.3) is 0 Å². The second-order valence-corrected chi connectivity index (χ2v) is 4.60. The van der Waals surface area contributed by atoms with Gasteiger partial charge in [0.05, 0.1) is 0 Å². The molecular formula is C12H18N2O2. The molecule has 0 bridgehead atoms. The van der Waals surface area contributed by atoms with E-state index in [9.17, 15) is 4.79 Å². The van der Waals surface area contributed by atoms with Crippen molar-refractivity contribution in [1.82, 2.24) is 4.98 Å². The minimum absolute atomic E-state index is 0.345. The van der Waals surface area contributed by atoms with Gasteiger partial charge in [0.1, 0.15) is 17.0 Å². The fourth-order valence-electron chi connectivity index (χ4n) is 1.33. The Bertz CT molecular complexity index is 394. The van der Waals surface area contributed by atoms with Crippen molar-refractivity contribution in [3.8, 4) is 0 Å². The average molecular weight is 222 g/mol. The van der Waals surface area contributed by atoms with Crippen LogP contribution in [0, 0.1) is 6.92 Å². The van der Waals surface area contributed by atoms with E-state index in [1.807, 2.05) is 27.7 Å². The van der Waals surface area contributed by atoms with Crippen LogP contribution in [0.2, 0.25) is 0 Å². The zero-order chi connectivity index (χ0) is 12.3. The van der Waals surface area contributed by atoms with E-state index in [0.717, 1.165) is 5.56 Å². The first kappa shape index (κ1) is 12.5. The van der Waals surface area contributed by atoms with E-state index in [0.29, 0.717) is 11.4 Å². The number of carbonyl (C=O) groups excluding carboxylic acids is 1. The molecule has 1 rings (SSSR count). The first-order valence-corrected chi connectivity index (χ1v) is 5.22. The van der Waals surface area contributed by atoms with Crippen LogP contribution >= 0.6 is 0 Å². The van der Waals surface area contributed by atoms with Crippen molar-refractivity contribution in [2.75, 3.05) is 12.4 Å². The van der Waals surface area contributed by atoms with Crippen LogP contribution in [0.15, 0.2) is 12.3 Å². The largest absolute Gasteiger partial charge is 0.456 e.